The maximum Gasteiger partial charge on any atom is 0.317 e. The quantitative estimate of drug-likeness (QED) is 0.409. The van der Waals surface area contributed by atoms with E-state index in [0.29, 0.717) is 12.8 Å². The van der Waals surface area contributed by atoms with Crippen LogP contribution in [0.4, 0.5) is 0 Å². The Morgan fingerprint density at radius 3 is 2.29 bits per heavy atom. The van der Waals surface area contributed by atoms with Gasteiger partial charge in [0, 0.05) is 0 Å². The van der Waals surface area contributed by atoms with Crippen LogP contribution in [-0.4, -0.2) is 23.5 Å². The first-order valence-electron chi connectivity index (χ1n) is 4.53. The first-order chi connectivity index (χ1) is 6.66. The molecule has 78 valence electrons. The molecule has 1 N–H and O–H groups in total. The molecule has 14 heavy (non-hydrogen) atoms. The molecule has 0 aromatic heterocycles. The van der Waals surface area contributed by atoms with E-state index in [1.165, 1.54) is 0 Å². The summed E-state index contributed by atoms with van der Waals surface area (Å²) >= 11 is 0. The van der Waals surface area contributed by atoms with E-state index in [4.69, 9.17) is 5.11 Å². The van der Waals surface area contributed by atoms with Crippen molar-refractivity contribution < 1.29 is 24.2 Å². The zero-order valence-electron chi connectivity index (χ0n) is 7.64. The molecule has 0 saturated heterocycles. The number of rotatable bonds is 3. The predicted octanol–water partition coefficient (Wildman–Crippen LogP) is 0.577. The Morgan fingerprint density at radius 1 is 1.21 bits per heavy atom. The molecule has 1 saturated carbocycles. The van der Waals surface area contributed by atoms with Gasteiger partial charge in [-0.25, -0.2) is 0 Å². The normalized spacial score (nSPS) is 26.6. The SMILES string of the molecule is O=COC(=O)C1CCCCC1C(=O)O. The number of carbonyl (C=O) groups excluding carboxylic acids is 2. The molecule has 1 aliphatic carbocycles. The van der Waals surface area contributed by atoms with E-state index in [1.54, 1.807) is 0 Å². The fraction of sp³-hybridized carbons (Fsp3) is 0.667. The molecule has 5 nitrogen and oxygen atoms in total. The third-order valence-electron chi connectivity index (χ3n) is 2.55. The topological polar surface area (TPSA) is 80.7 Å². The number of hydrogen-bond acceptors (Lipinski definition) is 4. The van der Waals surface area contributed by atoms with E-state index in [1.807, 2.05) is 0 Å². The first kappa shape index (κ1) is 10.7. The number of carbonyl (C=O) groups is 3. The zero-order valence-corrected chi connectivity index (χ0v) is 7.64. The minimum Gasteiger partial charge on any atom is -0.481 e. The molecular weight excluding hydrogens is 188 g/mol. The lowest BCUT2D eigenvalue weighted by atomic mass is 9.79. The van der Waals surface area contributed by atoms with Crippen LogP contribution in [0.25, 0.3) is 0 Å². The highest BCUT2D eigenvalue weighted by molar-refractivity contribution is 5.84. The van der Waals surface area contributed by atoms with Crippen LogP contribution in [0, 0.1) is 11.8 Å². The van der Waals surface area contributed by atoms with Gasteiger partial charge in [0.2, 0.25) is 0 Å². The number of esters is 1. The van der Waals surface area contributed by atoms with Crippen LogP contribution >= 0.6 is 0 Å². The number of aliphatic carboxylic acids is 1. The third kappa shape index (κ3) is 2.31. The van der Waals surface area contributed by atoms with Gasteiger partial charge in [0.25, 0.3) is 0 Å². The van der Waals surface area contributed by atoms with Crippen molar-refractivity contribution in [3.8, 4) is 0 Å². The maximum atomic E-state index is 11.2. The van der Waals surface area contributed by atoms with Crippen LogP contribution < -0.4 is 0 Å². The lowest BCUT2D eigenvalue weighted by molar-refractivity contribution is -0.162. The Bertz CT molecular complexity index is 248. The van der Waals surface area contributed by atoms with Gasteiger partial charge in [-0.3, -0.25) is 14.4 Å². The van der Waals surface area contributed by atoms with Gasteiger partial charge in [-0.15, -0.1) is 0 Å². The summed E-state index contributed by atoms with van der Waals surface area (Å²) in [5, 5.41) is 8.83. The van der Waals surface area contributed by atoms with Crippen LogP contribution in [0.2, 0.25) is 0 Å². The Hall–Kier alpha value is -1.39. The van der Waals surface area contributed by atoms with Gasteiger partial charge >= 0.3 is 18.4 Å². The van der Waals surface area contributed by atoms with Crippen molar-refractivity contribution in [2.75, 3.05) is 0 Å². The van der Waals surface area contributed by atoms with Crippen LogP contribution in [0.15, 0.2) is 0 Å². The van der Waals surface area contributed by atoms with Crippen molar-refractivity contribution in [3.05, 3.63) is 0 Å². The van der Waals surface area contributed by atoms with Crippen molar-refractivity contribution in [3.63, 3.8) is 0 Å². The van der Waals surface area contributed by atoms with Gasteiger partial charge in [-0.1, -0.05) is 12.8 Å². The van der Waals surface area contributed by atoms with Gasteiger partial charge in [-0.2, -0.15) is 0 Å². The Balaban J connectivity index is 2.66. The highest BCUT2D eigenvalue weighted by Crippen LogP contribution is 2.30. The summed E-state index contributed by atoms with van der Waals surface area (Å²) in [6, 6.07) is 0. The van der Waals surface area contributed by atoms with E-state index in [9.17, 15) is 14.4 Å². The van der Waals surface area contributed by atoms with E-state index < -0.39 is 23.8 Å². The highest BCUT2D eigenvalue weighted by atomic mass is 16.6. The molecule has 0 aliphatic heterocycles. The molecular formula is C9H12O5. The maximum absolute atomic E-state index is 11.2. The first-order valence-corrected chi connectivity index (χ1v) is 4.53. The van der Waals surface area contributed by atoms with Gasteiger partial charge < -0.3 is 9.84 Å². The molecule has 2 atom stereocenters. The number of hydrogen-bond donors (Lipinski definition) is 1. The minimum atomic E-state index is -0.988. The number of carboxylic acids is 1. The number of ether oxygens (including phenoxy) is 1. The van der Waals surface area contributed by atoms with Crippen molar-refractivity contribution in [1.82, 2.24) is 0 Å². The average molecular weight is 200 g/mol. The second-order valence-corrected chi connectivity index (χ2v) is 3.37. The van der Waals surface area contributed by atoms with Crippen molar-refractivity contribution in [2.24, 2.45) is 11.8 Å². The molecule has 1 aliphatic rings. The van der Waals surface area contributed by atoms with Crippen molar-refractivity contribution in [2.45, 2.75) is 25.7 Å². The Kier molecular flexibility index (Phi) is 3.62. The largest absolute Gasteiger partial charge is 0.481 e. The van der Waals surface area contributed by atoms with Gasteiger partial charge in [0.15, 0.2) is 0 Å². The van der Waals surface area contributed by atoms with Gasteiger partial charge in [-0.05, 0) is 12.8 Å². The lowest BCUT2D eigenvalue weighted by Crippen LogP contribution is -2.33. The molecule has 0 radical (unpaired) electrons. The summed E-state index contributed by atoms with van der Waals surface area (Å²) in [4.78, 5) is 31.9. The summed E-state index contributed by atoms with van der Waals surface area (Å²) < 4.78 is 4.18. The van der Waals surface area contributed by atoms with Crippen molar-refractivity contribution in [1.29, 1.82) is 0 Å². The van der Waals surface area contributed by atoms with E-state index in [2.05, 4.69) is 4.74 Å². The molecule has 1 fully saturated rings. The molecule has 0 amide bonds. The predicted molar refractivity (Wildman–Crippen MR) is 45.2 cm³/mol. The molecule has 5 heteroatoms. The van der Waals surface area contributed by atoms with Gasteiger partial charge in [0.1, 0.15) is 0 Å². The zero-order chi connectivity index (χ0) is 10.6. The van der Waals surface area contributed by atoms with Crippen LogP contribution in [0.5, 0.6) is 0 Å². The van der Waals surface area contributed by atoms with E-state index in [0.717, 1.165) is 12.8 Å². The molecule has 0 bridgehead atoms. The summed E-state index contributed by atoms with van der Waals surface area (Å²) in [6.07, 6.45) is 2.59. The molecule has 1 rings (SSSR count). The molecule has 0 heterocycles. The standard InChI is InChI=1S/C9H12O5/c10-5-14-9(13)7-4-2-1-3-6(7)8(11)12/h5-7H,1-4H2,(H,11,12). The van der Waals surface area contributed by atoms with Crippen LogP contribution in [0.3, 0.4) is 0 Å². The average Bonchev–Trinajstić information content (AvgIpc) is 2.18. The fourth-order valence-corrected chi connectivity index (χ4v) is 1.84. The Morgan fingerprint density at radius 2 is 1.79 bits per heavy atom. The second-order valence-electron chi connectivity index (χ2n) is 3.37. The number of carboxylic acid groups (broad SMARTS) is 1. The molecule has 2 unspecified atom stereocenters. The Labute approximate surface area is 81.0 Å². The summed E-state index contributed by atoms with van der Waals surface area (Å²) in [5.41, 5.74) is 0. The summed E-state index contributed by atoms with van der Waals surface area (Å²) in [7, 11) is 0. The highest BCUT2D eigenvalue weighted by Gasteiger charge is 2.36. The third-order valence-corrected chi connectivity index (χ3v) is 2.55. The van der Waals surface area contributed by atoms with Crippen LogP contribution in [-0.2, 0) is 19.1 Å². The lowest BCUT2D eigenvalue weighted by Gasteiger charge is -2.25. The van der Waals surface area contributed by atoms with Crippen LogP contribution in [0.1, 0.15) is 25.7 Å². The van der Waals surface area contributed by atoms with E-state index in [-0.39, 0.29) is 6.47 Å². The fourth-order valence-electron chi connectivity index (χ4n) is 1.84. The second kappa shape index (κ2) is 4.74. The monoisotopic (exact) mass is 200 g/mol. The smallest absolute Gasteiger partial charge is 0.317 e. The molecule has 0 aromatic carbocycles. The summed E-state index contributed by atoms with van der Waals surface area (Å²) in [5.74, 6) is -3.06. The van der Waals surface area contributed by atoms with E-state index >= 15 is 0 Å². The molecule has 0 spiro atoms. The van der Waals surface area contributed by atoms with Crippen molar-refractivity contribution >= 4 is 18.4 Å². The minimum absolute atomic E-state index is 0.0514. The van der Waals surface area contributed by atoms with Gasteiger partial charge in [0.05, 0.1) is 11.8 Å². The molecule has 0 aromatic rings. The summed E-state index contributed by atoms with van der Waals surface area (Å²) in [6.45, 7) is 0.0514.